The van der Waals surface area contributed by atoms with Crippen molar-refractivity contribution in [3.63, 3.8) is 0 Å². The van der Waals surface area contributed by atoms with Crippen molar-refractivity contribution in [3.05, 3.63) is 112 Å². The number of benzene rings is 3. The Morgan fingerprint density at radius 1 is 0.818 bits per heavy atom. The first-order chi connectivity index (χ1) is 16.0. The molecule has 0 saturated carbocycles. The van der Waals surface area contributed by atoms with Crippen LogP contribution >= 0.6 is 11.8 Å². The van der Waals surface area contributed by atoms with Crippen molar-refractivity contribution < 1.29 is 9.59 Å². The number of hydrogen-bond donors (Lipinski definition) is 0. The molecule has 1 aliphatic heterocycles. The second-order valence-corrected chi connectivity index (χ2v) is 9.28. The maximum atomic E-state index is 13.2. The average molecular weight is 453 g/mol. The molecule has 0 atom stereocenters. The molecule has 164 valence electrons. The van der Waals surface area contributed by atoms with Gasteiger partial charge in [-0.15, -0.1) is 0 Å². The molecule has 1 aliphatic rings. The number of fused-ring (bicyclic) bond motifs is 1. The van der Waals surface area contributed by atoms with E-state index in [0.717, 1.165) is 51.6 Å². The fourth-order valence-corrected chi connectivity index (χ4v) is 5.15. The van der Waals surface area contributed by atoms with Gasteiger partial charge in [-0.25, -0.2) is 0 Å². The average Bonchev–Trinajstić information content (AvgIpc) is 3.24. The summed E-state index contributed by atoms with van der Waals surface area (Å²) in [5.74, 6) is -0.229. The molecule has 4 nitrogen and oxygen atoms in total. The summed E-state index contributed by atoms with van der Waals surface area (Å²) in [5, 5.41) is 0.858. The third-order valence-corrected chi connectivity index (χ3v) is 7.11. The van der Waals surface area contributed by atoms with Crippen LogP contribution in [0.15, 0.2) is 83.8 Å². The van der Waals surface area contributed by atoms with Gasteiger partial charge in [-0.1, -0.05) is 72.8 Å². The van der Waals surface area contributed by atoms with Crippen LogP contribution in [-0.2, 0) is 17.9 Å². The molecule has 0 N–H and O–H groups in total. The molecule has 3 aromatic carbocycles. The molecular formula is C28H24N2O2S. The maximum absolute atomic E-state index is 13.2. The molecule has 5 rings (SSSR count). The lowest BCUT2D eigenvalue weighted by Gasteiger charge is -2.14. The molecule has 33 heavy (non-hydrogen) atoms. The molecule has 0 radical (unpaired) electrons. The highest BCUT2D eigenvalue weighted by atomic mass is 32.2. The van der Waals surface area contributed by atoms with Crippen molar-refractivity contribution in [1.82, 2.24) is 9.47 Å². The van der Waals surface area contributed by atoms with Gasteiger partial charge in [-0.05, 0) is 54.4 Å². The quantitative estimate of drug-likeness (QED) is 0.323. The van der Waals surface area contributed by atoms with Crippen molar-refractivity contribution >= 4 is 39.9 Å². The van der Waals surface area contributed by atoms with Crippen molar-refractivity contribution in [3.8, 4) is 0 Å². The van der Waals surface area contributed by atoms with Gasteiger partial charge in [0.2, 0.25) is 0 Å². The smallest absolute Gasteiger partial charge is 0.293 e. The van der Waals surface area contributed by atoms with Crippen molar-refractivity contribution in [2.24, 2.45) is 0 Å². The first-order valence-corrected chi connectivity index (χ1v) is 11.8. The summed E-state index contributed by atoms with van der Waals surface area (Å²) in [7, 11) is 0. The minimum absolute atomic E-state index is 0.222. The number of aryl methyl sites for hydroxylation is 1. The van der Waals surface area contributed by atoms with E-state index in [4.69, 9.17) is 0 Å². The van der Waals surface area contributed by atoms with Crippen LogP contribution in [0.3, 0.4) is 0 Å². The summed E-state index contributed by atoms with van der Waals surface area (Å²) in [6.07, 6.45) is 1.89. The summed E-state index contributed by atoms with van der Waals surface area (Å²) in [5.41, 5.74) is 6.45. The fraction of sp³-hybridized carbons (Fsp3) is 0.143. The van der Waals surface area contributed by atoms with E-state index in [2.05, 4.69) is 35.8 Å². The number of imide groups is 1. The van der Waals surface area contributed by atoms with Gasteiger partial charge in [-0.2, -0.15) is 0 Å². The normalized spacial score (nSPS) is 15.2. The molecule has 0 unspecified atom stereocenters. The number of aromatic nitrogens is 1. The van der Waals surface area contributed by atoms with Gasteiger partial charge < -0.3 is 4.57 Å². The van der Waals surface area contributed by atoms with Crippen LogP contribution in [0.5, 0.6) is 0 Å². The zero-order valence-corrected chi connectivity index (χ0v) is 19.4. The summed E-state index contributed by atoms with van der Waals surface area (Å²) < 4.78 is 2.27. The second-order valence-electron chi connectivity index (χ2n) is 8.28. The molecule has 1 fully saturated rings. The molecule has 5 heteroatoms. The third-order valence-electron chi connectivity index (χ3n) is 6.20. The number of amides is 2. The number of para-hydroxylation sites is 1. The monoisotopic (exact) mass is 452 g/mol. The Kier molecular flexibility index (Phi) is 5.65. The molecule has 0 bridgehead atoms. The predicted octanol–water partition coefficient (Wildman–Crippen LogP) is 6.54. The van der Waals surface area contributed by atoms with E-state index in [1.54, 1.807) is 0 Å². The summed E-state index contributed by atoms with van der Waals surface area (Å²) in [6, 6.07) is 26.4. The zero-order valence-electron chi connectivity index (χ0n) is 18.6. The van der Waals surface area contributed by atoms with Crippen LogP contribution in [0, 0.1) is 13.8 Å². The molecular weight excluding hydrogens is 428 g/mol. The zero-order chi connectivity index (χ0) is 22.9. The topological polar surface area (TPSA) is 42.3 Å². The van der Waals surface area contributed by atoms with Gasteiger partial charge in [0.15, 0.2) is 0 Å². The van der Waals surface area contributed by atoms with Gasteiger partial charge in [0, 0.05) is 28.7 Å². The Morgan fingerprint density at radius 2 is 1.52 bits per heavy atom. The maximum Gasteiger partial charge on any atom is 0.293 e. The van der Waals surface area contributed by atoms with Crippen molar-refractivity contribution in [2.45, 2.75) is 26.9 Å². The van der Waals surface area contributed by atoms with Gasteiger partial charge in [-0.3, -0.25) is 14.5 Å². The van der Waals surface area contributed by atoms with Crippen LogP contribution in [-0.4, -0.2) is 20.6 Å². The highest BCUT2D eigenvalue weighted by Crippen LogP contribution is 2.36. The lowest BCUT2D eigenvalue weighted by Crippen LogP contribution is -2.27. The summed E-state index contributed by atoms with van der Waals surface area (Å²) in [6.45, 7) is 5.11. The standard InChI is InChI=1S/C28H24N2O2S/c1-19-10-6-7-13-22(19)18-30-27(31)26(33-28(30)32)16-24-20(2)29(17-21-11-4-3-5-12-21)25-15-9-8-14-23(24)25/h3-16H,17-18H2,1-2H3/b26-16-. The van der Waals surface area contributed by atoms with Crippen molar-refractivity contribution in [1.29, 1.82) is 0 Å². The van der Waals surface area contributed by atoms with E-state index in [-0.39, 0.29) is 11.1 Å². The summed E-state index contributed by atoms with van der Waals surface area (Å²) >= 11 is 1.02. The van der Waals surface area contributed by atoms with Crippen molar-refractivity contribution in [2.75, 3.05) is 0 Å². The van der Waals surface area contributed by atoms with Crippen LogP contribution in [0.2, 0.25) is 0 Å². The van der Waals surface area contributed by atoms with E-state index in [1.807, 2.05) is 67.6 Å². The number of carbonyl (C=O) groups excluding carboxylic acids is 2. The van der Waals surface area contributed by atoms with E-state index >= 15 is 0 Å². The van der Waals surface area contributed by atoms with E-state index in [1.165, 1.54) is 10.5 Å². The SMILES string of the molecule is Cc1ccccc1CN1C(=O)S/C(=C\c2c(C)n(Cc3ccccc3)c3ccccc23)C1=O. The molecule has 4 aromatic rings. The van der Waals surface area contributed by atoms with Crippen LogP contribution < -0.4 is 0 Å². The second kappa shape index (κ2) is 8.75. The highest BCUT2D eigenvalue weighted by Gasteiger charge is 2.35. The molecule has 2 heterocycles. The van der Waals surface area contributed by atoms with Gasteiger partial charge in [0.05, 0.1) is 11.4 Å². The largest absolute Gasteiger partial charge is 0.340 e. The third kappa shape index (κ3) is 4.00. The van der Waals surface area contributed by atoms with Gasteiger partial charge in [0.1, 0.15) is 0 Å². The lowest BCUT2D eigenvalue weighted by atomic mass is 10.1. The fourth-order valence-electron chi connectivity index (χ4n) is 4.33. The number of thioether (sulfide) groups is 1. The van der Waals surface area contributed by atoms with E-state index < -0.39 is 0 Å². The molecule has 2 amide bonds. The number of nitrogens with zero attached hydrogens (tertiary/aromatic N) is 2. The van der Waals surface area contributed by atoms with E-state index in [9.17, 15) is 9.59 Å². The minimum Gasteiger partial charge on any atom is -0.340 e. The highest BCUT2D eigenvalue weighted by molar-refractivity contribution is 8.18. The Hall–Kier alpha value is -3.57. The summed E-state index contributed by atoms with van der Waals surface area (Å²) in [4.78, 5) is 27.7. The lowest BCUT2D eigenvalue weighted by molar-refractivity contribution is -0.123. The molecule has 1 saturated heterocycles. The Balaban J connectivity index is 1.52. The van der Waals surface area contributed by atoms with Gasteiger partial charge in [0.25, 0.3) is 11.1 Å². The number of hydrogen-bond acceptors (Lipinski definition) is 3. The first kappa shape index (κ1) is 21.3. The number of carbonyl (C=O) groups is 2. The Bertz CT molecular complexity index is 1400. The van der Waals surface area contributed by atoms with Gasteiger partial charge >= 0.3 is 0 Å². The Morgan fingerprint density at radius 3 is 2.30 bits per heavy atom. The van der Waals surface area contributed by atoms with E-state index in [0.29, 0.717) is 11.4 Å². The molecule has 0 aliphatic carbocycles. The molecule has 1 aromatic heterocycles. The van der Waals surface area contributed by atoms with Crippen LogP contribution in [0.4, 0.5) is 4.79 Å². The van der Waals surface area contributed by atoms with Crippen LogP contribution in [0.25, 0.3) is 17.0 Å². The molecule has 0 spiro atoms. The minimum atomic E-state index is -0.229. The Labute approximate surface area is 197 Å². The first-order valence-electron chi connectivity index (χ1n) is 10.9. The number of rotatable bonds is 5. The van der Waals surface area contributed by atoms with Crippen LogP contribution in [0.1, 0.15) is 27.9 Å². The predicted molar refractivity (Wildman–Crippen MR) is 135 cm³/mol.